The van der Waals surface area contributed by atoms with Gasteiger partial charge in [-0.1, -0.05) is 35.5 Å². The zero-order chi connectivity index (χ0) is 20.1. The van der Waals surface area contributed by atoms with Gasteiger partial charge >= 0.3 is 0 Å². The van der Waals surface area contributed by atoms with Gasteiger partial charge in [0.05, 0.1) is 12.9 Å². The van der Waals surface area contributed by atoms with E-state index < -0.39 is 0 Å². The second-order valence-corrected chi connectivity index (χ2v) is 7.46. The first kappa shape index (κ1) is 20.2. The molecule has 0 bridgehead atoms. The smallest absolute Gasteiger partial charge is 0.234 e. The number of ether oxygens (including phenoxy) is 1. The summed E-state index contributed by atoms with van der Waals surface area (Å²) in [6, 6.07) is 13.1. The van der Waals surface area contributed by atoms with Gasteiger partial charge in [-0.25, -0.2) is 0 Å². The zero-order valence-corrected chi connectivity index (χ0v) is 17.5. The largest absolute Gasteiger partial charge is 0.497 e. The first-order valence-corrected chi connectivity index (χ1v) is 10.1. The molecule has 6 nitrogen and oxygen atoms in total. The van der Waals surface area contributed by atoms with E-state index in [4.69, 9.17) is 16.3 Å². The van der Waals surface area contributed by atoms with Gasteiger partial charge in [0.1, 0.15) is 5.75 Å². The van der Waals surface area contributed by atoms with Gasteiger partial charge < -0.3 is 14.6 Å². The predicted molar refractivity (Wildman–Crippen MR) is 113 cm³/mol. The highest BCUT2D eigenvalue weighted by molar-refractivity contribution is 7.99. The molecule has 1 heterocycles. The number of benzene rings is 2. The van der Waals surface area contributed by atoms with E-state index >= 15 is 0 Å². The molecule has 3 rings (SSSR count). The molecule has 0 fully saturated rings. The lowest BCUT2D eigenvalue weighted by atomic mass is 10.2. The summed E-state index contributed by atoms with van der Waals surface area (Å²) in [4.78, 5) is 12.3. The molecule has 1 amide bonds. The Bertz CT molecular complexity index is 990. The number of amides is 1. The number of carbonyl (C=O) groups excluding carboxylic acids is 1. The topological polar surface area (TPSA) is 69.0 Å². The van der Waals surface area contributed by atoms with Gasteiger partial charge in [-0.15, -0.1) is 10.2 Å². The maximum Gasteiger partial charge on any atom is 0.234 e. The molecule has 0 saturated heterocycles. The van der Waals surface area contributed by atoms with Gasteiger partial charge in [-0.05, 0) is 49.7 Å². The van der Waals surface area contributed by atoms with Crippen LogP contribution in [0, 0.1) is 6.92 Å². The fraction of sp³-hybridized carbons (Fsp3) is 0.250. The third-order valence-electron chi connectivity index (χ3n) is 4.16. The molecule has 1 aromatic heterocycles. The quantitative estimate of drug-likeness (QED) is 0.567. The van der Waals surface area contributed by atoms with E-state index in [0.29, 0.717) is 16.7 Å². The predicted octanol–water partition coefficient (Wildman–Crippen LogP) is 4.67. The summed E-state index contributed by atoms with van der Waals surface area (Å²) in [6.07, 6.45) is 0. The van der Waals surface area contributed by atoms with Crippen molar-refractivity contribution in [2.45, 2.75) is 25.5 Å². The van der Waals surface area contributed by atoms with Gasteiger partial charge in [0, 0.05) is 22.8 Å². The third kappa shape index (κ3) is 4.66. The molecule has 146 valence electrons. The van der Waals surface area contributed by atoms with Crippen molar-refractivity contribution in [2.75, 3.05) is 18.2 Å². The molecule has 0 aliphatic carbocycles. The first-order valence-electron chi connectivity index (χ1n) is 8.78. The monoisotopic (exact) mass is 416 g/mol. The number of aromatic nitrogens is 3. The highest BCUT2D eigenvalue weighted by Crippen LogP contribution is 2.27. The Kier molecular flexibility index (Phi) is 6.59. The summed E-state index contributed by atoms with van der Waals surface area (Å²) in [5, 5.41) is 12.8. The lowest BCUT2D eigenvalue weighted by Gasteiger charge is -2.10. The molecule has 0 spiro atoms. The van der Waals surface area contributed by atoms with Gasteiger partial charge in [0.2, 0.25) is 5.91 Å². The zero-order valence-electron chi connectivity index (χ0n) is 15.9. The first-order chi connectivity index (χ1) is 13.5. The van der Waals surface area contributed by atoms with Gasteiger partial charge in [-0.2, -0.15) is 0 Å². The van der Waals surface area contributed by atoms with Crippen molar-refractivity contribution in [1.29, 1.82) is 0 Å². The number of hydrogen-bond acceptors (Lipinski definition) is 5. The molecular weight excluding hydrogens is 396 g/mol. The molecule has 8 heteroatoms. The highest BCUT2D eigenvalue weighted by Gasteiger charge is 2.15. The Morgan fingerprint density at radius 1 is 1.25 bits per heavy atom. The van der Waals surface area contributed by atoms with E-state index in [9.17, 15) is 4.79 Å². The molecule has 0 saturated carbocycles. The number of rotatable bonds is 7. The molecule has 0 unspecified atom stereocenters. The minimum atomic E-state index is -0.107. The van der Waals surface area contributed by atoms with E-state index in [2.05, 4.69) is 15.5 Å². The summed E-state index contributed by atoms with van der Waals surface area (Å²) in [5.74, 6) is 1.63. The van der Waals surface area contributed by atoms with Crippen LogP contribution in [0.3, 0.4) is 0 Å². The maximum absolute atomic E-state index is 12.3. The van der Waals surface area contributed by atoms with Crippen LogP contribution in [-0.4, -0.2) is 33.5 Å². The molecule has 0 atom stereocenters. The van der Waals surface area contributed by atoms with E-state index in [-0.39, 0.29) is 11.7 Å². The van der Waals surface area contributed by atoms with Crippen molar-refractivity contribution in [1.82, 2.24) is 14.8 Å². The number of nitrogens with zero attached hydrogens (tertiary/aromatic N) is 3. The van der Waals surface area contributed by atoms with E-state index in [1.807, 2.05) is 48.7 Å². The van der Waals surface area contributed by atoms with Crippen molar-refractivity contribution < 1.29 is 9.53 Å². The number of aryl methyl sites for hydroxylation is 1. The van der Waals surface area contributed by atoms with Crippen molar-refractivity contribution in [3.8, 4) is 17.1 Å². The summed E-state index contributed by atoms with van der Waals surface area (Å²) in [7, 11) is 1.63. The second-order valence-electron chi connectivity index (χ2n) is 6.08. The number of nitrogens with one attached hydrogen (secondary N) is 1. The molecule has 28 heavy (non-hydrogen) atoms. The summed E-state index contributed by atoms with van der Waals surface area (Å²) < 4.78 is 7.27. The normalized spacial score (nSPS) is 10.7. The Hall–Kier alpha value is -2.51. The summed E-state index contributed by atoms with van der Waals surface area (Å²) in [5.41, 5.74) is 2.59. The number of halogens is 1. The number of methoxy groups -OCH3 is 1. The van der Waals surface area contributed by atoms with Gasteiger partial charge in [0.15, 0.2) is 11.0 Å². The number of carbonyl (C=O) groups is 1. The van der Waals surface area contributed by atoms with Crippen LogP contribution in [-0.2, 0) is 11.3 Å². The SMILES string of the molecule is CCn1c(SCC(=O)Nc2ccc(Cl)cc2C)nnc1-c1cccc(OC)c1. The minimum absolute atomic E-state index is 0.107. The standard InChI is InChI=1S/C20H21ClN4O2S/c1-4-25-19(14-6-5-7-16(11-14)27-3)23-24-20(25)28-12-18(26)22-17-9-8-15(21)10-13(17)2/h5-11H,4,12H2,1-3H3,(H,22,26). The van der Waals surface area contributed by atoms with Crippen LogP contribution >= 0.6 is 23.4 Å². The molecule has 0 radical (unpaired) electrons. The van der Waals surface area contributed by atoms with Crippen LogP contribution in [0.2, 0.25) is 5.02 Å². The van der Waals surface area contributed by atoms with Crippen LogP contribution in [0.15, 0.2) is 47.6 Å². The maximum atomic E-state index is 12.3. The summed E-state index contributed by atoms with van der Waals surface area (Å²) in [6.45, 7) is 4.62. The minimum Gasteiger partial charge on any atom is -0.497 e. The Balaban J connectivity index is 1.70. The third-order valence-corrected chi connectivity index (χ3v) is 5.36. The van der Waals surface area contributed by atoms with Gasteiger partial charge in [0.25, 0.3) is 0 Å². The van der Waals surface area contributed by atoms with Crippen LogP contribution in [0.4, 0.5) is 5.69 Å². The van der Waals surface area contributed by atoms with E-state index in [1.165, 1.54) is 11.8 Å². The Morgan fingerprint density at radius 2 is 2.07 bits per heavy atom. The van der Waals surface area contributed by atoms with Crippen LogP contribution < -0.4 is 10.1 Å². The van der Waals surface area contributed by atoms with Gasteiger partial charge in [-0.3, -0.25) is 4.79 Å². The number of anilines is 1. The van der Waals surface area contributed by atoms with E-state index in [0.717, 1.165) is 28.4 Å². The average Bonchev–Trinajstić information content (AvgIpc) is 3.11. The number of hydrogen-bond donors (Lipinski definition) is 1. The molecule has 2 aromatic carbocycles. The lowest BCUT2D eigenvalue weighted by Crippen LogP contribution is -2.15. The molecule has 0 aliphatic heterocycles. The average molecular weight is 417 g/mol. The Morgan fingerprint density at radius 3 is 2.79 bits per heavy atom. The molecular formula is C20H21ClN4O2S. The Labute approximate surface area is 173 Å². The lowest BCUT2D eigenvalue weighted by molar-refractivity contribution is -0.113. The fourth-order valence-corrected chi connectivity index (χ4v) is 3.77. The van der Waals surface area contributed by atoms with Crippen molar-refractivity contribution in [3.63, 3.8) is 0 Å². The number of thioether (sulfide) groups is 1. The van der Waals surface area contributed by atoms with E-state index in [1.54, 1.807) is 19.2 Å². The van der Waals surface area contributed by atoms with Crippen LogP contribution in [0.5, 0.6) is 5.75 Å². The van der Waals surface area contributed by atoms with Crippen molar-refractivity contribution in [3.05, 3.63) is 53.1 Å². The summed E-state index contributed by atoms with van der Waals surface area (Å²) >= 11 is 7.31. The van der Waals surface area contributed by atoms with Crippen LogP contribution in [0.25, 0.3) is 11.4 Å². The van der Waals surface area contributed by atoms with Crippen molar-refractivity contribution >= 4 is 35.0 Å². The molecule has 3 aromatic rings. The second kappa shape index (κ2) is 9.12. The molecule has 1 N–H and O–H groups in total. The highest BCUT2D eigenvalue weighted by atomic mass is 35.5. The van der Waals surface area contributed by atoms with Crippen molar-refractivity contribution in [2.24, 2.45) is 0 Å². The van der Waals surface area contributed by atoms with Crippen LogP contribution in [0.1, 0.15) is 12.5 Å². The molecule has 0 aliphatic rings. The fourth-order valence-electron chi connectivity index (χ4n) is 2.74.